The average Bonchev–Trinajstić information content (AvgIpc) is 0.811. The van der Waals surface area contributed by atoms with Gasteiger partial charge in [-0.2, -0.15) is 0 Å². The van der Waals surface area contributed by atoms with Crippen LogP contribution in [0.1, 0.15) is 0 Å². The maximum absolute atomic E-state index is 8.59. The van der Waals surface area contributed by atoms with Crippen molar-refractivity contribution in [1.29, 1.82) is 0 Å². The van der Waals surface area contributed by atoms with Crippen LogP contribution < -0.4 is 0 Å². The van der Waals surface area contributed by atoms with Gasteiger partial charge in [0.2, 0.25) is 0 Å². The van der Waals surface area contributed by atoms with E-state index in [9.17, 15) is 0 Å². The third-order valence-electron chi connectivity index (χ3n) is 0. The first-order valence-corrected chi connectivity index (χ1v) is 1.70. The van der Waals surface area contributed by atoms with Crippen LogP contribution in [-0.2, 0) is 11.0 Å². The first kappa shape index (κ1) is 9.06. The van der Waals surface area contributed by atoms with Crippen LogP contribution in [0.5, 0.6) is 0 Å². The van der Waals surface area contributed by atoms with Crippen LogP contribution >= 0.6 is 0 Å². The summed E-state index contributed by atoms with van der Waals surface area (Å²) in [5.74, 6) is 0. The van der Waals surface area contributed by atoms with Gasteiger partial charge in [0.25, 0.3) is 11.0 Å². The van der Waals surface area contributed by atoms with Gasteiger partial charge in [-0.3, -0.25) is 4.55 Å². The van der Waals surface area contributed by atoms with E-state index in [1.807, 2.05) is 0 Å². The van der Waals surface area contributed by atoms with Crippen LogP contribution in [0.2, 0.25) is 0 Å². The molecule has 0 aromatic rings. The van der Waals surface area contributed by atoms with E-state index in [1.165, 1.54) is 0 Å². The quantitative estimate of drug-likeness (QED) is 0.250. The normalized spacial score (nSPS) is 6.80. The summed E-state index contributed by atoms with van der Waals surface area (Å²) >= 11 is 0. The molecule has 0 radical (unpaired) electrons. The molecule has 0 aliphatic rings. The van der Waals surface area contributed by atoms with Gasteiger partial charge >= 0.3 is 17.1 Å². The van der Waals surface area contributed by atoms with Crippen molar-refractivity contribution < 1.29 is 13.0 Å². The summed E-state index contributed by atoms with van der Waals surface area (Å²) in [6.45, 7) is 0. The summed E-state index contributed by atoms with van der Waals surface area (Å²) in [4.78, 5) is 0. The first-order valence-electron chi connectivity index (χ1n) is 0.565. The molecule has 0 saturated heterocycles. The van der Waals surface area contributed by atoms with Gasteiger partial charge in [-0.25, -0.2) is 8.42 Å². The van der Waals surface area contributed by atoms with E-state index < -0.39 is 11.0 Å². The topological polar surface area (TPSA) is 54.4 Å². The number of hydrogen-bond donors (Lipinski definition) is 2. The predicted molar refractivity (Wildman–Crippen MR) is 21.5 cm³/mol. The Morgan fingerprint density at radius 2 is 1.40 bits per heavy atom. The first-order chi connectivity index (χ1) is 1.73. The summed E-state index contributed by atoms with van der Waals surface area (Å²) in [7, 11) is -3.12. The van der Waals surface area contributed by atoms with Gasteiger partial charge in [-0.05, 0) is 0 Å². The van der Waals surface area contributed by atoms with Crippen LogP contribution in [0.15, 0.2) is 0 Å². The molecule has 0 unspecified atom stereocenters. The molecule has 0 spiro atoms. The number of rotatable bonds is 0. The van der Waals surface area contributed by atoms with Gasteiger partial charge in [-0.15, -0.1) is 0 Å². The van der Waals surface area contributed by atoms with Crippen molar-refractivity contribution in [1.82, 2.24) is 0 Å². The molecule has 1 N–H and O–H groups in total. The summed E-state index contributed by atoms with van der Waals surface area (Å²) in [6.07, 6.45) is 0. The Bertz CT molecular complexity index is 55.3. The second-order valence-electron chi connectivity index (χ2n) is 0.238. The minimum atomic E-state index is -3.12. The van der Waals surface area contributed by atoms with Gasteiger partial charge in [-0.1, -0.05) is 0 Å². The Morgan fingerprint density at radius 1 is 1.40 bits per heavy atom. The molecule has 0 saturated carbocycles. The van der Waals surface area contributed by atoms with Crippen LogP contribution in [0, 0.1) is 0 Å². The van der Waals surface area contributed by atoms with Gasteiger partial charge in [0.15, 0.2) is 0 Å². The van der Waals surface area contributed by atoms with Crippen molar-refractivity contribution in [3.63, 3.8) is 0 Å². The Balaban J connectivity index is 0. The Hall–Kier alpha value is 0.429. The van der Waals surface area contributed by atoms with Crippen molar-refractivity contribution in [3.05, 3.63) is 0 Å². The van der Waals surface area contributed by atoms with Gasteiger partial charge in [0, 0.05) is 0 Å². The fourth-order valence-corrected chi connectivity index (χ4v) is 0. The number of thiol groups is 1. The summed E-state index contributed by atoms with van der Waals surface area (Å²) in [5.41, 5.74) is 0. The fourth-order valence-electron chi connectivity index (χ4n) is 0. The van der Waals surface area contributed by atoms with Crippen LogP contribution in [0.3, 0.4) is 0 Å². The molecule has 0 amide bonds. The molecule has 0 fully saturated rings. The second kappa shape index (κ2) is 4.43. The molecular formula is H4O3SSe. The van der Waals surface area contributed by atoms with E-state index in [1.54, 1.807) is 0 Å². The zero-order valence-electron chi connectivity index (χ0n) is 2.21. The summed E-state index contributed by atoms with van der Waals surface area (Å²) in [6, 6.07) is 0. The molecule has 0 heterocycles. The van der Waals surface area contributed by atoms with E-state index in [4.69, 9.17) is 13.0 Å². The monoisotopic (exact) mass is 164 g/mol. The van der Waals surface area contributed by atoms with E-state index >= 15 is 0 Å². The summed E-state index contributed by atoms with van der Waals surface area (Å²) in [5, 5.41) is 0. The van der Waals surface area contributed by atoms with Gasteiger partial charge < -0.3 is 0 Å². The van der Waals surface area contributed by atoms with Crippen LogP contribution in [0.25, 0.3) is 0 Å². The Kier molecular flexibility index (Phi) is 8.02. The van der Waals surface area contributed by atoms with Crippen LogP contribution in [0.4, 0.5) is 0 Å². The zero-order valence-corrected chi connectivity index (χ0v) is 5.20. The third kappa shape index (κ3) is 142. The molecule has 5 heavy (non-hydrogen) atoms. The molecule has 34 valence electrons. The standard InChI is InChI=1S/H2O3S.H2Se/c1-4(2)3;/h4H,(H,1,2,3);1H2. The van der Waals surface area contributed by atoms with Crippen molar-refractivity contribution in [2.24, 2.45) is 0 Å². The predicted octanol–water partition coefficient (Wildman–Crippen LogP) is -1.85. The van der Waals surface area contributed by atoms with E-state index in [0.717, 1.165) is 0 Å². The van der Waals surface area contributed by atoms with Crippen molar-refractivity contribution in [2.45, 2.75) is 0 Å². The Labute approximate surface area is 41.6 Å². The van der Waals surface area contributed by atoms with Crippen molar-refractivity contribution in [3.8, 4) is 0 Å². The molecule has 0 aliphatic heterocycles. The molecule has 0 atom stereocenters. The summed E-state index contributed by atoms with van der Waals surface area (Å²) < 4.78 is 24.2. The molecular weight excluding hydrogens is 159 g/mol. The molecule has 5 heteroatoms. The van der Waals surface area contributed by atoms with Gasteiger partial charge in [0.1, 0.15) is 0 Å². The average molecular weight is 163 g/mol. The third-order valence-corrected chi connectivity index (χ3v) is 0. The molecule has 0 rings (SSSR count). The van der Waals surface area contributed by atoms with E-state index in [2.05, 4.69) is 0 Å². The fraction of sp³-hybridized carbons (Fsp3) is 0. The van der Waals surface area contributed by atoms with Crippen LogP contribution in [-0.4, -0.2) is 30.0 Å². The molecule has 0 aromatic carbocycles. The molecule has 3 nitrogen and oxygen atoms in total. The number of hydrogen-bond acceptors (Lipinski definition) is 2. The maximum atomic E-state index is 8.59. The molecule has 0 aliphatic carbocycles. The molecule has 0 bridgehead atoms. The van der Waals surface area contributed by atoms with Crippen molar-refractivity contribution >= 4 is 28.1 Å². The van der Waals surface area contributed by atoms with E-state index in [0.29, 0.717) is 0 Å². The minimum absolute atomic E-state index is 0. The Morgan fingerprint density at radius 3 is 1.40 bits per heavy atom. The zero-order chi connectivity index (χ0) is 3.58. The SMILES string of the molecule is O=[SH](=O)O.[SeH2]. The molecule has 0 aromatic heterocycles. The van der Waals surface area contributed by atoms with Crippen molar-refractivity contribution in [2.75, 3.05) is 0 Å². The second-order valence-corrected chi connectivity index (χ2v) is 0.714. The van der Waals surface area contributed by atoms with E-state index in [-0.39, 0.29) is 17.1 Å². The van der Waals surface area contributed by atoms with Gasteiger partial charge in [0.05, 0.1) is 0 Å².